The Labute approximate surface area is 185 Å². The van der Waals surface area contributed by atoms with Gasteiger partial charge in [0.15, 0.2) is 5.16 Å². The zero-order chi connectivity index (χ0) is 22.1. The van der Waals surface area contributed by atoms with Crippen molar-refractivity contribution in [1.82, 2.24) is 19.5 Å². The molecule has 2 N–H and O–H groups in total. The average molecular weight is 449 g/mol. The van der Waals surface area contributed by atoms with Gasteiger partial charge in [-0.25, -0.2) is 9.97 Å². The quantitative estimate of drug-likeness (QED) is 0.334. The third-order valence-corrected chi connectivity index (χ3v) is 5.66. The van der Waals surface area contributed by atoms with Gasteiger partial charge in [-0.3, -0.25) is 4.79 Å². The van der Waals surface area contributed by atoms with Gasteiger partial charge in [0, 0.05) is 5.56 Å². The molecule has 2 heterocycles. The molecule has 1 amide bonds. The topological polar surface area (TPSA) is 75.6 Å². The minimum atomic E-state index is -2.64. The van der Waals surface area contributed by atoms with Gasteiger partial charge in [0.1, 0.15) is 12.4 Å². The first-order valence-electron chi connectivity index (χ1n) is 9.82. The highest BCUT2D eigenvalue weighted by molar-refractivity contribution is 7.99. The fraction of sp³-hybridized carbons (Fsp3) is 0.0870. The number of nitrogens with one attached hydrogen (secondary N) is 2. The Morgan fingerprint density at radius 3 is 2.50 bits per heavy atom. The number of benzene rings is 3. The summed E-state index contributed by atoms with van der Waals surface area (Å²) in [4.78, 5) is 25.1. The minimum Gasteiger partial charge on any atom is -0.338 e. The predicted octanol–water partition coefficient (Wildman–Crippen LogP) is 5.53. The van der Waals surface area contributed by atoms with Gasteiger partial charge in [0.25, 0.3) is 5.76 Å². The number of anilines is 1. The Bertz CT molecular complexity index is 1400. The molecule has 160 valence electrons. The second-order valence-electron chi connectivity index (χ2n) is 7.04. The van der Waals surface area contributed by atoms with E-state index in [-0.39, 0.29) is 17.6 Å². The van der Waals surface area contributed by atoms with Crippen LogP contribution in [0.1, 0.15) is 0 Å². The number of amides is 1. The normalized spacial score (nSPS) is 11.5. The molecule has 0 atom stereocenters. The molecule has 5 aromatic rings. The number of para-hydroxylation sites is 5. The van der Waals surface area contributed by atoms with Crippen LogP contribution in [-0.4, -0.2) is 31.2 Å². The lowest BCUT2D eigenvalue weighted by molar-refractivity contribution is -0.116. The molecular weight excluding hydrogens is 432 g/mol. The number of aromatic nitrogens is 4. The van der Waals surface area contributed by atoms with Gasteiger partial charge in [-0.2, -0.15) is 8.78 Å². The lowest BCUT2D eigenvalue weighted by Crippen LogP contribution is -2.20. The number of thioether (sulfide) groups is 1. The molecule has 9 heteroatoms. The number of rotatable bonds is 6. The number of hydrogen-bond donors (Lipinski definition) is 2. The van der Waals surface area contributed by atoms with Crippen LogP contribution >= 0.6 is 11.8 Å². The van der Waals surface area contributed by atoms with E-state index < -0.39 is 5.76 Å². The van der Waals surface area contributed by atoms with Crippen LogP contribution in [0.4, 0.5) is 14.5 Å². The van der Waals surface area contributed by atoms with Crippen LogP contribution in [0.25, 0.3) is 33.5 Å². The van der Waals surface area contributed by atoms with Crippen LogP contribution in [0.15, 0.2) is 78.0 Å². The maximum Gasteiger partial charge on any atom is 0.291 e. The van der Waals surface area contributed by atoms with Crippen molar-refractivity contribution in [2.75, 3.05) is 5.32 Å². The summed E-state index contributed by atoms with van der Waals surface area (Å²) in [6.45, 7) is -0.149. The van der Waals surface area contributed by atoms with Gasteiger partial charge in [0.2, 0.25) is 5.91 Å². The molecule has 0 aliphatic heterocycles. The first kappa shape index (κ1) is 20.2. The number of aromatic amines is 1. The standard InChI is InChI=1S/C23H17F2N5OS/c24-22(25)32-23-29-18-11-5-6-12-19(18)30(23)13-20(31)26-15-8-2-1-7-14(15)21-27-16-9-3-4-10-17(16)28-21/h1-12,22H,13H2,(H,26,31)(H,27,28). The predicted molar refractivity (Wildman–Crippen MR) is 122 cm³/mol. The highest BCUT2D eigenvalue weighted by Crippen LogP contribution is 2.30. The molecule has 5 rings (SSSR count). The van der Waals surface area contributed by atoms with Gasteiger partial charge in [-0.15, -0.1) is 0 Å². The smallest absolute Gasteiger partial charge is 0.291 e. The van der Waals surface area contributed by atoms with Gasteiger partial charge in [-0.1, -0.05) is 36.4 Å². The van der Waals surface area contributed by atoms with E-state index in [4.69, 9.17) is 0 Å². The van der Waals surface area contributed by atoms with Crippen LogP contribution in [-0.2, 0) is 11.3 Å². The zero-order valence-electron chi connectivity index (χ0n) is 16.6. The van der Waals surface area contributed by atoms with Crippen molar-refractivity contribution in [3.8, 4) is 11.4 Å². The molecule has 0 fully saturated rings. The third kappa shape index (κ3) is 3.94. The highest BCUT2D eigenvalue weighted by Gasteiger charge is 2.19. The molecule has 0 radical (unpaired) electrons. The molecule has 0 bridgehead atoms. The van der Waals surface area contributed by atoms with Crippen LogP contribution in [0, 0.1) is 0 Å². The Morgan fingerprint density at radius 2 is 1.69 bits per heavy atom. The maximum absolute atomic E-state index is 13.0. The summed E-state index contributed by atoms with van der Waals surface area (Å²) in [5.74, 6) is -2.36. The minimum absolute atomic E-state index is 0.0990. The van der Waals surface area contributed by atoms with Crippen molar-refractivity contribution in [3.05, 3.63) is 72.8 Å². The molecule has 0 aliphatic carbocycles. The monoisotopic (exact) mass is 449 g/mol. The lowest BCUT2D eigenvalue weighted by atomic mass is 10.1. The number of hydrogen-bond acceptors (Lipinski definition) is 4. The maximum atomic E-state index is 13.0. The average Bonchev–Trinajstić information content (AvgIpc) is 3.35. The number of halogens is 2. The van der Waals surface area contributed by atoms with Crippen LogP contribution < -0.4 is 5.32 Å². The molecular formula is C23H17F2N5OS. The zero-order valence-corrected chi connectivity index (χ0v) is 17.4. The second-order valence-corrected chi connectivity index (χ2v) is 8.00. The molecule has 2 aromatic heterocycles. The van der Waals surface area contributed by atoms with Crippen molar-refractivity contribution in [1.29, 1.82) is 0 Å². The van der Waals surface area contributed by atoms with E-state index in [2.05, 4.69) is 20.3 Å². The van der Waals surface area contributed by atoms with Crippen molar-refractivity contribution in [3.63, 3.8) is 0 Å². The summed E-state index contributed by atoms with van der Waals surface area (Å²) in [5, 5.41) is 2.99. The Hall–Kier alpha value is -3.72. The second kappa shape index (κ2) is 8.43. The fourth-order valence-electron chi connectivity index (χ4n) is 3.59. The molecule has 3 aromatic carbocycles. The number of carbonyl (C=O) groups excluding carboxylic acids is 1. The van der Waals surface area contributed by atoms with Crippen LogP contribution in [0.3, 0.4) is 0 Å². The largest absolute Gasteiger partial charge is 0.338 e. The Morgan fingerprint density at radius 1 is 0.969 bits per heavy atom. The van der Waals surface area contributed by atoms with Gasteiger partial charge in [0.05, 0.1) is 27.8 Å². The third-order valence-electron chi connectivity index (χ3n) is 4.96. The van der Waals surface area contributed by atoms with Crippen LogP contribution in [0.5, 0.6) is 0 Å². The van der Waals surface area contributed by atoms with Crippen molar-refractivity contribution in [2.45, 2.75) is 17.5 Å². The summed E-state index contributed by atoms with van der Waals surface area (Å²) in [6.07, 6.45) is 0. The van der Waals surface area contributed by atoms with Gasteiger partial charge in [-0.05, 0) is 48.2 Å². The van der Waals surface area contributed by atoms with E-state index in [0.717, 1.165) is 16.6 Å². The highest BCUT2D eigenvalue weighted by atomic mass is 32.2. The number of fused-ring (bicyclic) bond motifs is 2. The number of H-pyrrole nitrogens is 1. The number of carbonyl (C=O) groups is 1. The molecule has 0 spiro atoms. The summed E-state index contributed by atoms with van der Waals surface area (Å²) in [6, 6.07) is 22.0. The van der Waals surface area contributed by atoms with E-state index in [1.54, 1.807) is 30.3 Å². The van der Waals surface area contributed by atoms with Crippen molar-refractivity contribution >= 4 is 45.4 Å². The van der Waals surface area contributed by atoms with Gasteiger partial charge < -0.3 is 14.9 Å². The molecule has 32 heavy (non-hydrogen) atoms. The molecule has 0 aliphatic rings. The first-order valence-corrected chi connectivity index (χ1v) is 10.7. The summed E-state index contributed by atoms with van der Waals surface area (Å²) >= 11 is 0.325. The number of imidazole rings is 2. The molecule has 0 saturated heterocycles. The lowest BCUT2D eigenvalue weighted by Gasteiger charge is -2.12. The SMILES string of the molecule is O=C(Cn1c(SC(F)F)nc2ccccc21)Nc1ccccc1-c1nc2ccccc2[nH]1. The number of nitrogens with zero attached hydrogens (tertiary/aromatic N) is 3. The van der Waals surface area contributed by atoms with E-state index in [9.17, 15) is 13.6 Å². The van der Waals surface area contributed by atoms with Crippen LogP contribution in [0.2, 0.25) is 0 Å². The van der Waals surface area contributed by atoms with E-state index in [1.165, 1.54) is 4.57 Å². The van der Waals surface area contributed by atoms with E-state index in [1.807, 2.05) is 42.5 Å². The Balaban J connectivity index is 1.44. The van der Waals surface area contributed by atoms with Crippen molar-refractivity contribution in [2.24, 2.45) is 0 Å². The Kier molecular flexibility index (Phi) is 5.32. The molecule has 0 saturated carbocycles. The summed E-state index contributed by atoms with van der Waals surface area (Å²) in [7, 11) is 0. The molecule has 0 unspecified atom stereocenters. The summed E-state index contributed by atoms with van der Waals surface area (Å²) in [5.41, 5.74) is 4.20. The number of alkyl halides is 2. The fourth-order valence-corrected chi connectivity index (χ4v) is 4.19. The van der Waals surface area contributed by atoms with E-state index in [0.29, 0.717) is 34.3 Å². The molecule has 6 nitrogen and oxygen atoms in total. The van der Waals surface area contributed by atoms with Gasteiger partial charge >= 0.3 is 0 Å². The summed E-state index contributed by atoms with van der Waals surface area (Å²) < 4.78 is 27.6. The van der Waals surface area contributed by atoms with E-state index >= 15 is 0 Å². The first-order chi connectivity index (χ1) is 15.6. The van der Waals surface area contributed by atoms with Crippen molar-refractivity contribution < 1.29 is 13.6 Å².